The van der Waals surface area contributed by atoms with Crippen molar-refractivity contribution in [3.8, 4) is 0 Å². The summed E-state index contributed by atoms with van der Waals surface area (Å²) in [6.07, 6.45) is 1.67. The highest BCUT2D eigenvalue weighted by Gasteiger charge is 2.53. The van der Waals surface area contributed by atoms with Gasteiger partial charge >= 0.3 is 5.97 Å². The number of fused-ring (bicyclic) bond motifs is 3. The lowest BCUT2D eigenvalue weighted by atomic mass is 9.71. The van der Waals surface area contributed by atoms with E-state index in [-0.39, 0.29) is 42.7 Å². The Kier molecular flexibility index (Phi) is 18.3. The van der Waals surface area contributed by atoms with Crippen LogP contribution in [0.4, 0.5) is 0 Å². The molecule has 0 aromatic rings. The van der Waals surface area contributed by atoms with E-state index in [0.717, 1.165) is 25.0 Å². The topological polar surface area (TPSA) is 217 Å². The van der Waals surface area contributed by atoms with Gasteiger partial charge in [-0.05, 0) is 91.3 Å². The van der Waals surface area contributed by atoms with E-state index in [2.05, 4.69) is 19.1 Å². The normalized spacial score (nSPS) is 48.2. The summed E-state index contributed by atoms with van der Waals surface area (Å²) in [5, 5.41) is 79.7. The number of rotatable bonds is 6. The molecule has 1 spiro atoms. The van der Waals surface area contributed by atoms with Crippen molar-refractivity contribution in [2.45, 2.75) is 230 Å². The molecule has 5 aliphatic rings. The number of aliphatic hydroxyl groups is 7. The van der Waals surface area contributed by atoms with Gasteiger partial charge < -0.3 is 69.1 Å². The average molecular weight is 898 g/mol. The molecule has 15 heteroatoms. The van der Waals surface area contributed by atoms with Crippen molar-refractivity contribution < 1.29 is 69.0 Å². The molecule has 2 bridgehead atoms. The van der Waals surface area contributed by atoms with Crippen molar-refractivity contribution in [1.29, 1.82) is 0 Å². The van der Waals surface area contributed by atoms with Crippen LogP contribution >= 0.6 is 0 Å². The molecule has 0 aliphatic carbocycles. The van der Waals surface area contributed by atoms with Gasteiger partial charge in [0.15, 0.2) is 18.4 Å². The summed E-state index contributed by atoms with van der Waals surface area (Å²) in [4.78, 5) is 15.6. The van der Waals surface area contributed by atoms with Gasteiger partial charge in [0.2, 0.25) is 0 Å². The third-order valence-electron chi connectivity index (χ3n) is 15.1. The van der Waals surface area contributed by atoms with E-state index in [0.29, 0.717) is 51.4 Å². The van der Waals surface area contributed by atoms with E-state index < -0.39 is 102 Å². The number of carbonyl (C=O) groups is 1. The van der Waals surface area contributed by atoms with Crippen LogP contribution in [0.5, 0.6) is 0 Å². The number of carbonyl (C=O) groups excluding carboxylic acids is 1. The lowest BCUT2D eigenvalue weighted by molar-refractivity contribution is -0.346. The number of allylic oxidation sites excluding steroid dienone is 1. The Morgan fingerprint density at radius 1 is 0.873 bits per heavy atom. The maximum absolute atomic E-state index is 13.7. The number of hydrogen-bond acceptors (Lipinski definition) is 15. The Morgan fingerprint density at radius 2 is 1.59 bits per heavy atom. The number of likely N-dealkylation sites (N-methyl/N-ethyl adjacent to an activating group) is 1. The van der Waals surface area contributed by atoms with Crippen molar-refractivity contribution >= 4 is 5.97 Å². The highest BCUT2D eigenvalue weighted by Crippen LogP contribution is 2.48. The smallest absolute Gasteiger partial charge is 0.330 e. The van der Waals surface area contributed by atoms with Gasteiger partial charge in [0, 0.05) is 54.9 Å². The summed E-state index contributed by atoms with van der Waals surface area (Å²) in [6, 6.07) is -0.296. The molecule has 5 heterocycles. The minimum atomic E-state index is -2.04. The second-order valence-corrected chi connectivity index (χ2v) is 20.8. The molecule has 0 aromatic heterocycles. The van der Waals surface area contributed by atoms with Crippen LogP contribution in [0.25, 0.3) is 0 Å². The predicted octanol–water partition coefficient (Wildman–Crippen LogP) is 4.10. The maximum Gasteiger partial charge on any atom is 0.330 e. The zero-order valence-corrected chi connectivity index (χ0v) is 39.6. The fraction of sp³-hybridized carbons (Fsp3) is 0.896. The molecule has 364 valence electrons. The molecule has 0 radical (unpaired) electrons. The molecule has 21 atom stereocenters. The van der Waals surface area contributed by atoms with Crippen LogP contribution in [-0.4, -0.2) is 158 Å². The first-order valence-electron chi connectivity index (χ1n) is 23.9. The third kappa shape index (κ3) is 12.9. The molecule has 15 nitrogen and oxygen atoms in total. The van der Waals surface area contributed by atoms with Crippen LogP contribution < -0.4 is 0 Å². The quantitative estimate of drug-likeness (QED) is 0.148. The number of ether oxygens (including phenoxy) is 6. The van der Waals surface area contributed by atoms with Gasteiger partial charge in [0.05, 0.1) is 61.0 Å². The van der Waals surface area contributed by atoms with E-state index in [1.54, 1.807) is 0 Å². The largest absolute Gasteiger partial charge is 0.459 e. The highest BCUT2D eigenvalue weighted by molar-refractivity contribution is 5.82. The fourth-order valence-electron chi connectivity index (χ4n) is 10.9. The van der Waals surface area contributed by atoms with Crippen molar-refractivity contribution in [1.82, 2.24) is 4.90 Å². The summed E-state index contributed by atoms with van der Waals surface area (Å²) >= 11 is 0. The van der Waals surface area contributed by atoms with Crippen LogP contribution in [-0.2, 0) is 33.2 Å². The van der Waals surface area contributed by atoms with Crippen molar-refractivity contribution in [3.63, 3.8) is 0 Å². The monoisotopic (exact) mass is 898 g/mol. The zero-order chi connectivity index (χ0) is 46.6. The van der Waals surface area contributed by atoms with Gasteiger partial charge in [0.1, 0.15) is 17.8 Å². The number of esters is 1. The molecular weight excluding hydrogens is 815 g/mol. The summed E-state index contributed by atoms with van der Waals surface area (Å²) in [6.45, 7) is 14.5. The van der Waals surface area contributed by atoms with Gasteiger partial charge in [-0.25, -0.2) is 4.79 Å². The summed E-state index contributed by atoms with van der Waals surface area (Å²) in [5.74, 6) is -3.79. The van der Waals surface area contributed by atoms with Crippen LogP contribution in [0.3, 0.4) is 0 Å². The minimum absolute atomic E-state index is 0.0865. The molecule has 4 fully saturated rings. The molecule has 0 saturated carbocycles. The van der Waals surface area contributed by atoms with Gasteiger partial charge in [-0.15, -0.1) is 0 Å². The Labute approximate surface area is 376 Å². The molecule has 4 saturated heterocycles. The molecule has 0 amide bonds. The van der Waals surface area contributed by atoms with E-state index in [4.69, 9.17) is 28.4 Å². The summed E-state index contributed by atoms with van der Waals surface area (Å²) in [5.41, 5.74) is -2.54. The van der Waals surface area contributed by atoms with Gasteiger partial charge in [0.25, 0.3) is 0 Å². The average Bonchev–Trinajstić information content (AvgIpc) is 3.21. The Morgan fingerprint density at radius 3 is 2.25 bits per heavy atom. The second-order valence-electron chi connectivity index (χ2n) is 20.8. The lowest BCUT2D eigenvalue weighted by Crippen LogP contribution is -2.58. The second kappa shape index (κ2) is 22.0. The van der Waals surface area contributed by atoms with E-state index >= 15 is 0 Å². The fourth-order valence-corrected chi connectivity index (χ4v) is 10.9. The van der Waals surface area contributed by atoms with E-state index in [9.17, 15) is 40.5 Å². The van der Waals surface area contributed by atoms with Gasteiger partial charge in [-0.1, -0.05) is 53.7 Å². The first-order valence-corrected chi connectivity index (χ1v) is 23.9. The Hall–Kier alpha value is -1.57. The zero-order valence-electron chi connectivity index (χ0n) is 39.6. The van der Waals surface area contributed by atoms with Gasteiger partial charge in [-0.2, -0.15) is 0 Å². The highest BCUT2D eigenvalue weighted by atomic mass is 16.7. The number of nitrogens with zero attached hydrogens (tertiary/aromatic N) is 1. The van der Waals surface area contributed by atoms with E-state index in [1.165, 1.54) is 13.8 Å². The standard InChI is InChI=1S/C48H83NO14/c1-11-32(50)22-33-17-15-20-48(62-33)26-36-29(4)35(63-48)24-37-46(7,25-28(3)45(56)60-37)19-14-12-13-16-27(2)41(53)43(61-39-23-34(51)40(49(9)10)31(6)58-39)42(54)30(5)44(55)47(8,57)21-18-38(52)59-36/h14,18-19,21,27-37,39-45,50-51,53-57H,11-13,15-17,20,22-26H2,1-10H3. The third-order valence-corrected chi connectivity index (χ3v) is 15.1. The lowest BCUT2D eigenvalue weighted by Gasteiger charge is -2.52. The molecule has 21 unspecified atom stereocenters. The minimum Gasteiger partial charge on any atom is -0.459 e. The number of aliphatic hydroxyl groups excluding tert-OH is 6. The maximum atomic E-state index is 13.7. The number of hydrogen-bond donors (Lipinski definition) is 7. The van der Waals surface area contributed by atoms with Crippen molar-refractivity contribution in [2.75, 3.05) is 14.1 Å². The summed E-state index contributed by atoms with van der Waals surface area (Å²) in [7, 11) is 3.71. The van der Waals surface area contributed by atoms with Crippen LogP contribution in [0.15, 0.2) is 24.3 Å². The molecule has 5 rings (SSSR count). The van der Waals surface area contributed by atoms with Crippen LogP contribution in [0.1, 0.15) is 132 Å². The molecule has 7 N–H and O–H groups in total. The predicted molar refractivity (Wildman–Crippen MR) is 235 cm³/mol. The Balaban J connectivity index is 1.47. The SMILES string of the molecule is CCC(O)CC1CCCC2(CC3OC(=O)C=CC(C)(O)C(O)C(C)C(O)C(OC4CC(O)C(N(C)C)C(C)O4)C(O)C(C)CCCC=CC4(C)CC(C)C(O)OC4CC(O2)C3C)O1. The van der Waals surface area contributed by atoms with Crippen molar-refractivity contribution in [2.24, 2.45) is 29.1 Å². The molecule has 0 aromatic carbocycles. The first kappa shape index (κ1) is 52.4. The Bertz CT molecular complexity index is 1500. The van der Waals surface area contributed by atoms with Crippen molar-refractivity contribution in [3.05, 3.63) is 24.3 Å². The summed E-state index contributed by atoms with van der Waals surface area (Å²) < 4.78 is 38.8. The molecular formula is C48H83NO14. The van der Waals surface area contributed by atoms with E-state index in [1.807, 2.05) is 53.6 Å². The van der Waals surface area contributed by atoms with Gasteiger partial charge in [-0.3, -0.25) is 0 Å². The first-order chi connectivity index (χ1) is 29.5. The van der Waals surface area contributed by atoms with Crippen LogP contribution in [0, 0.1) is 29.1 Å². The molecule has 63 heavy (non-hydrogen) atoms. The molecule has 5 aliphatic heterocycles. The van der Waals surface area contributed by atoms with Crippen LogP contribution in [0.2, 0.25) is 0 Å².